The first kappa shape index (κ1) is 15.8. The van der Waals surface area contributed by atoms with Crippen molar-refractivity contribution in [1.29, 1.82) is 0 Å². The molecular weight excluding hydrogens is 284 g/mol. The number of rotatable bonds is 6. The third-order valence-corrected chi connectivity index (χ3v) is 4.66. The highest BCUT2D eigenvalue weighted by molar-refractivity contribution is 6.00. The quantitative estimate of drug-likeness (QED) is 0.825. The zero-order valence-electron chi connectivity index (χ0n) is 13.9. The van der Waals surface area contributed by atoms with Crippen LogP contribution in [-0.4, -0.2) is 29.8 Å². The van der Waals surface area contributed by atoms with Gasteiger partial charge in [-0.25, -0.2) is 0 Å². The van der Waals surface area contributed by atoms with Gasteiger partial charge >= 0.3 is 0 Å². The highest BCUT2D eigenvalue weighted by Gasteiger charge is 2.23. The Morgan fingerprint density at radius 2 is 2.00 bits per heavy atom. The number of hydrogen-bond acceptors (Lipinski definition) is 3. The van der Waals surface area contributed by atoms with E-state index in [1.807, 2.05) is 37.3 Å². The molecule has 1 unspecified atom stereocenters. The normalized spacial score (nSPS) is 14.4. The van der Waals surface area contributed by atoms with E-state index in [9.17, 15) is 4.79 Å². The van der Waals surface area contributed by atoms with Crippen LogP contribution < -0.4 is 5.32 Å². The third-order valence-electron chi connectivity index (χ3n) is 4.66. The minimum atomic E-state index is -0.118. The summed E-state index contributed by atoms with van der Waals surface area (Å²) in [6, 6.07) is 16.3. The Labute approximate surface area is 138 Å². The van der Waals surface area contributed by atoms with E-state index in [4.69, 9.17) is 0 Å². The van der Waals surface area contributed by atoms with Gasteiger partial charge in [0.25, 0.3) is 0 Å². The summed E-state index contributed by atoms with van der Waals surface area (Å²) in [5.41, 5.74) is 4.50. The number of fused-ring (bicyclic) bond motifs is 1. The molecule has 23 heavy (non-hydrogen) atoms. The van der Waals surface area contributed by atoms with Crippen LogP contribution in [0.15, 0.2) is 48.5 Å². The summed E-state index contributed by atoms with van der Waals surface area (Å²) >= 11 is 0. The number of benzene rings is 2. The summed E-state index contributed by atoms with van der Waals surface area (Å²) in [6.45, 7) is 6.75. The van der Waals surface area contributed by atoms with E-state index >= 15 is 0 Å². The second-order valence-electron chi connectivity index (χ2n) is 6.14. The number of hydrogen-bond donors (Lipinski definition) is 1. The molecular formula is C20H24N2O. The minimum Gasteiger partial charge on any atom is -0.384 e. The number of likely N-dealkylation sites (N-methyl/N-ethyl adjacent to an activating group) is 1. The van der Waals surface area contributed by atoms with E-state index < -0.39 is 0 Å². The van der Waals surface area contributed by atoms with Gasteiger partial charge in [-0.3, -0.25) is 9.69 Å². The Hall–Kier alpha value is -2.13. The molecule has 3 rings (SSSR count). The molecule has 0 radical (unpaired) electrons. The average molecular weight is 308 g/mol. The molecule has 2 aromatic carbocycles. The van der Waals surface area contributed by atoms with Gasteiger partial charge in [0.05, 0.1) is 6.04 Å². The number of anilines is 1. The maximum absolute atomic E-state index is 12.9. The van der Waals surface area contributed by atoms with Gasteiger partial charge in [0.1, 0.15) is 0 Å². The summed E-state index contributed by atoms with van der Waals surface area (Å²) < 4.78 is 0. The van der Waals surface area contributed by atoms with E-state index in [0.717, 1.165) is 31.6 Å². The number of Topliss-reactive ketones (excluding diaryl/α,β-unsaturated/α-hetero) is 1. The van der Waals surface area contributed by atoms with Crippen molar-refractivity contribution in [3.05, 3.63) is 65.2 Å². The van der Waals surface area contributed by atoms with Gasteiger partial charge in [-0.15, -0.1) is 0 Å². The zero-order valence-corrected chi connectivity index (χ0v) is 13.9. The minimum absolute atomic E-state index is 0.118. The predicted molar refractivity (Wildman–Crippen MR) is 95.0 cm³/mol. The van der Waals surface area contributed by atoms with E-state index in [-0.39, 0.29) is 11.8 Å². The molecule has 0 fully saturated rings. The van der Waals surface area contributed by atoms with Crippen LogP contribution in [0.1, 0.15) is 35.3 Å². The Bertz CT molecular complexity index is 681. The van der Waals surface area contributed by atoms with Crippen molar-refractivity contribution in [2.45, 2.75) is 32.9 Å². The standard InChI is InChI=1S/C20H24N2O/c1-3-22(14-16-7-5-4-6-8-16)15(2)20(23)18-9-10-19-17(13-18)11-12-21-19/h4-10,13,15,21H,3,11-12,14H2,1-2H3. The first-order valence-electron chi connectivity index (χ1n) is 8.38. The summed E-state index contributed by atoms with van der Waals surface area (Å²) in [7, 11) is 0. The van der Waals surface area contributed by atoms with Crippen LogP contribution in [0.25, 0.3) is 0 Å². The highest BCUT2D eigenvalue weighted by atomic mass is 16.1. The lowest BCUT2D eigenvalue weighted by molar-refractivity contribution is 0.0835. The smallest absolute Gasteiger partial charge is 0.179 e. The molecule has 120 valence electrons. The number of nitrogens with one attached hydrogen (secondary N) is 1. The van der Waals surface area contributed by atoms with Crippen molar-refractivity contribution in [3.63, 3.8) is 0 Å². The molecule has 1 N–H and O–H groups in total. The second kappa shape index (κ2) is 6.97. The Kier molecular flexibility index (Phi) is 4.77. The topological polar surface area (TPSA) is 32.3 Å². The molecule has 0 amide bonds. The summed E-state index contributed by atoms with van der Waals surface area (Å²) in [6.07, 6.45) is 1.01. The Morgan fingerprint density at radius 1 is 1.22 bits per heavy atom. The van der Waals surface area contributed by atoms with E-state index in [0.29, 0.717) is 0 Å². The van der Waals surface area contributed by atoms with Gasteiger partial charge < -0.3 is 5.32 Å². The maximum Gasteiger partial charge on any atom is 0.179 e. The number of ketones is 1. The van der Waals surface area contributed by atoms with Crippen LogP contribution >= 0.6 is 0 Å². The fraction of sp³-hybridized carbons (Fsp3) is 0.350. The first-order chi connectivity index (χ1) is 11.2. The molecule has 0 spiro atoms. The molecule has 0 aromatic heterocycles. The molecule has 1 heterocycles. The first-order valence-corrected chi connectivity index (χ1v) is 8.38. The fourth-order valence-electron chi connectivity index (χ4n) is 3.21. The maximum atomic E-state index is 12.9. The number of carbonyl (C=O) groups is 1. The molecule has 2 aromatic rings. The summed E-state index contributed by atoms with van der Waals surface area (Å²) in [5, 5.41) is 3.34. The molecule has 0 aliphatic carbocycles. The highest BCUT2D eigenvalue weighted by Crippen LogP contribution is 2.24. The number of nitrogens with zero attached hydrogens (tertiary/aromatic N) is 1. The Balaban J connectivity index is 1.75. The van der Waals surface area contributed by atoms with Crippen molar-refractivity contribution < 1.29 is 4.79 Å². The third kappa shape index (κ3) is 3.45. The molecule has 1 aliphatic heterocycles. The molecule has 1 atom stereocenters. The molecule has 3 heteroatoms. The van der Waals surface area contributed by atoms with Gasteiger partial charge in [0.15, 0.2) is 5.78 Å². The van der Waals surface area contributed by atoms with Gasteiger partial charge in [-0.05, 0) is 49.2 Å². The second-order valence-corrected chi connectivity index (χ2v) is 6.14. The van der Waals surface area contributed by atoms with Crippen LogP contribution in [0.3, 0.4) is 0 Å². The molecule has 3 nitrogen and oxygen atoms in total. The van der Waals surface area contributed by atoms with Crippen molar-refractivity contribution in [3.8, 4) is 0 Å². The predicted octanol–water partition coefficient (Wildman–Crippen LogP) is 3.75. The van der Waals surface area contributed by atoms with Gasteiger partial charge in [0, 0.05) is 24.3 Å². The van der Waals surface area contributed by atoms with Gasteiger partial charge in [0.2, 0.25) is 0 Å². The lowest BCUT2D eigenvalue weighted by atomic mass is 10.00. The van der Waals surface area contributed by atoms with Crippen molar-refractivity contribution in [2.75, 3.05) is 18.4 Å². The Morgan fingerprint density at radius 3 is 2.74 bits per heavy atom. The van der Waals surface area contributed by atoms with E-state index in [1.165, 1.54) is 16.8 Å². The average Bonchev–Trinajstić information content (AvgIpc) is 3.07. The van der Waals surface area contributed by atoms with Crippen molar-refractivity contribution >= 4 is 11.5 Å². The zero-order chi connectivity index (χ0) is 16.2. The van der Waals surface area contributed by atoms with Gasteiger partial charge in [-0.2, -0.15) is 0 Å². The van der Waals surface area contributed by atoms with Crippen molar-refractivity contribution in [2.24, 2.45) is 0 Å². The fourth-order valence-corrected chi connectivity index (χ4v) is 3.21. The summed E-state index contributed by atoms with van der Waals surface area (Å²) in [5.74, 6) is 0.206. The van der Waals surface area contributed by atoms with Crippen LogP contribution in [0.5, 0.6) is 0 Å². The monoisotopic (exact) mass is 308 g/mol. The van der Waals surface area contributed by atoms with Crippen molar-refractivity contribution in [1.82, 2.24) is 4.90 Å². The molecule has 0 saturated heterocycles. The van der Waals surface area contributed by atoms with E-state index in [1.54, 1.807) is 0 Å². The SMILES string of the molecule is CCN(Cc1ccccc1)C(C)C(=O)c1ccc2c(c1)CCN2. The molecule has 0 saturated carbocycles. The van der Waals surface area contributed by atoms with Crippen LogP contribution in [0.4, 0.5) is 5.69 Å². The van der Waals surface area contributed by atoms with E-state index in [2.05, 4.69) is 35.3 Å². The lowest BCUT2D eigenvalue weighted by Gasteiger charge is -2.27. The largest absolute Gasteiger partial charge is 0.384 e. The molecule has 1 aliphatic rings. The lowest BCUT2D eigenvalue weighted by Crippen LogP contribution is -2.38. The molecule has 0 bridgehead atoms. The summed E-state index contributed by atoms with van der Waals surface area (Å²) in [4.78, 5) is 15.1. The van der Waals surface area contributed by atoms with Crippen LogP contribution in [0, 0.1) is 0 Å². The van der Waals surface area contributed by atoms with Gasteiger partial charge in [-0.1, -0.05) is 37.3 Å². The number of carbonyl (C=O) groups excluding carboxylic acids is 1. The van der Waals surface area contributed by atoms with Crippen LogP contribution in [0.2, 0.25) is 0 Å². The van der Waals surface area contributed by atoms with Crippen LogP contribution in [-0.2, 0) is 13.0 Å².